The Balaban J connectivity index is 3.11. The molecule has 1 rings (SSSR count). The van der Waals surface area contributed by atoms with Crippen LogP contribution >= 0.6 is 0 Å². The average Bonchev–Trinajstić information content (AvgIpc) is 2.28. The van der Waals surface area contributed by atoms with Crippen LogP contribution in [-0.4, -0.2) is 26.2 Å². The summed E-state index contributed by atoms with van der Waals surface area (Å²) in [6.07, 6.45) is 0.198. The van der Waals surface area contributed by atoms with Crippen molar-refractivity contribution >= 4 is 21.9 Å². The van der Waals surface area contributed by atoms with Gasteiger partial charge in [-0.05, 0) is 24.3 Å². The second kappa shape index (κ2) is 4.35. The second-order valence-corrected chi connectivity index (χ2v) is 5.19. The Labute approximate surface area is 87.8 Å². The molecule has 0 aliphatic heterocycles. The van der Waals surface area contributed by atoms with Crippen molar-refractivity contribution in [2.24, 2.45) is 0 Å². The third kappa shape index (κ3) is 2.50. The van der Waals surface area contributed by atoms with Gasteiger partial charge < -0.3 is 0 Å². The Morgan fingerprint density at radius 2 is 1.80 bits per heavy atom. The van der Waals surface area contributed by atoms with Gasteiger partial charge in [-0.1, -0.05) is 6.92 Å². The molecule has 0 saturated carbocycles. The smallest absolute Gasteiger partial charge is 0.225 e. The summed E-state index contributed by atoms with van der Waals surface area (Å²) in [7, 11) is -3.25. The van der Waals surface area contributed by atoms with Crippen molar-refractivity contribution in [2.75, 3.05) is 5.75 Å². The molecule has 1 aromatic carbocycles. The molecule has 1 aromatic rings. The van der Waals surface area contributed by atoms with Crippen molar-refractivity contribution in [1.82, 2.24) is 0 Å². The van der Waals surface area contributed by atoms with Gasteiger partial charge in [-0.25, -0.2) is 8.42 Å². The monoisotopic (exact) mass is 226 g/mol. The van der Waals surface area contributed by atoms with Crippen molar-refractivity contribution in [2.45, 2.75) is 11.8 Å². The summed E-state index contributed by atoms with van der Waals surface area (Å²) in [5.41, 5.74) is 0.194. The van der Waals surface area contributed by atoms with Gasteiger partial charge in [-0.2, -0.15) is 0 Å². The maximum atomic E-state index is 11.4. The van der Waals surface area contributed by atoms with Crippen molar-refractivity contribution in [1.29, 1.82) is 0 Å². The molecule has 0 radical (unpaired) electrons. The maximum Gasteiger partial charge on any atom is 0.225 e. The Morgan fingerprint density at radius 3 is 2.20 bits per heavy atom. The minimum atomic E-state index is -3.25. The first kappa shape index (κ1) is 11.6. The van der Waals surface area contributed by atoms with Gasteiger partial charge in [0.05, 0.1) is 10.6 Å². The zero-order valence-corrected chi connectivity index (χ0v) is 8.95. The quantitative estimate of drug-likeness (QED) is 0.434. The largest absolute Gasteiger partial charge is 0.294 e. The molecule has 15 heavy (non-hydrogen) atoms. The lowest BCUT2D eigenvalue weighted by Crippen LogP contribution is -2.05. The van der Waals surface area contributed by atoms with E-state index < -0.39 is 15.6 Å². The van der Waals surface area contributed by atoms with Crippen LogP contribution in [-0.2, 0) is 14.6 Å². The molecule has 0 aliphatic rings. The fraction of sp³-hybridized carbons (Fsp3) is 0.200. The summed E-state index contributed by atoms with van der Waals surface area (Å²) in [6, 6.07) is 5.32. The Hall–Kier alpha value is -1.49. The molecule has 0 bridgehead atoms. The average molecular weight is 226 g/mol. The predicted octanol–water partition coefficient (Wildman–Crippen LogP) is 0.862. The Bertz CT molecular complexity index is 471. The lowest BCUT2D eigenvalue weighted by atomic mass is 10.1. The standard InChI is InChI=1S/C10H10O4S/c1-2-15(13,14)9-5-3-8(4-6-9)10(12)7-11/h3-7H,2H2,1H3. The number of hydrogen-bond acceptors (Lipinski definition) is 4. The molecule has 0 atom stereocenters. The molecule has 0 saturated heterocycles. The van der Waals surface area contributed by atoms with Gasteiger partial charge in [-0.3, -0.25) is 9.59 Å². The zero-order chi connectivity index (χ0) is 11.5. The van der Waals surface area contributed by atoms with Crippen LogP contribution in [0.15, 0.2) is 29.2 Å². The number of aldehydes is 1. The van der Waals surface area contributed by atoms with Crippen LogP contribution in [0.1, 0.15) is 17.3 Å². The molecule has 0 heterocycles. The van der Waals surface area contributed by atoms with E-state index in [4.69, 9.17) is 0 Å². The van der Waals surface area contributed by atoms with Crippen LogP contribution in [0.5, 0.6) is 0 Å². The molecule has 4 nitrogen and oxygen atoms in total. The third-order valence-corrected chi connectivity index (χ3v) is 3.74. The molecular formula is C10H10O4S. The predicted molar refractivity (Wildman–Crippen MR) is 54.6 cm³/mol. The third-order valence-electron chi connectivity index (χ3n) is 1.99. The van der Waals surface area contributed by atoms with Crippen molar-refractivity contribution in [3.63, 3.8) is 0 Å². The van der Waals surface area contributed by atoms with Gasteiger partial charge in [0.1, 0.15) is 0 Å². The number of sulfone groups is 1. The summed E-state index contributed by atoms with van der Waals surface area (Å²) >= 11 is 0. The highest BCUT2D eigenvalue weighted by Gasteiger charge is 2.12. The summed E-state index contributed by atoms with van der Waals surface area (Å²) in [4.78, 5) is 21.3. The van der Waals surface area contributed by atoms with Gasteiger partial charge in [0.25, 0.3) is 0 Å². The van der Waals surface area contributed by atoms with Crippen LogP contribution in [0, 0.1) is 0 Å². The van der Waals surface area contributed by atoms with Crippen LogP contribution in [0.2, 0.25) is 0 Å². The fourth-order valence-electron chi connectivity index (χ4n) is 1.06. The van der Waals surface area contributed by atoms with E-state index in [1.807, 2.05) is 0 Å². The summed E-state index contributed by atoms with van der Waals surface area (Å²) in [5.74, 6) is -0.649. The van der Waals surface area contributed by atoms with E-state index in [0.717, 1.165) is 0 Å². The molecule has 0 amide bonds. The molecule has 0 fully saturated rings. The highest BCUT2D eigenvalue weighted by Crippen LogP contribution is 2.12. The lowest BCUT2D eigenvalue weighted by molar-refractivity contribution is -0.104. The molecule has 80 valence electrons. The van der Waals surface area contributed by atoms with Crippen LogP contribution in [0.4, 0.5) is 0 Å². The van der Waals surface area contributed by atoms with Gasteiger partial charge in [0, 0.05) is 5.56 Å². The van der Waals surface area contributed by atoms with E-state index in [1.165, 1.54) is 24.3 Å². The SMILES string of the molecule is CCS(=O)(=O)c1ccc(C(=O)C=O)cc1. The topological polar surface area (TPSA) is 68.3 Å². The number of carbonyl (C=O) groups excluding carboxylic acids is 2. The van der Waals surface area contributed by atoms with Crippen molar-refractivity contribution < 1.29 is 18.0 Å². The number of ketones is 1. The number of benzene rings is 1. The van der Waals surface area contributed by atoms with Crippen molar-refractivity contribution in [3.8, 4) is 0 Å². The molecule has 0 N–H and O–H groups in total. The van der Waals surface area contributed by atoms with Gasteiger partial charge in [0.2, 0.25) is 5.78 Å². The Kier molecular flexibility index (Phi) is 3.36. The molecular weight excluding hydrogens is 216 g/mol. The van der Waals surface area contributed by atoms with Gasteiger partial charge in [-0.15, -0.1) is 0 Å². The maximum absolute atomic E-state index is 11.4. The number of hydrogen-bond donors (Lipinski definition) is 0. The van der Waals surface area contributed by atoms with E-state index in [9.17, 15) is 18.0 Å². The first-order valence-corrected chi connectivity index (χ1v) is 5.99. The highest BCUT2D eigenvalue weighted by molar-refractivity contribution is 7.91. The molecule has 0 unspecified atom stereocenters. The Morgan fingerprint density at radius 1 is 1.27 bits per heavy atom. The van der Waals surface area contributed by atoms with E-state index >= 15 is 0 Å². The summed E-state index contributed by atoms with van der Waals surface area (Å²) < 4.78 is 22.8. The summed E-state index contributed by atoms with van der Waals surface area (Å²) in [5, 5.41) is 0. The van der Waals surface area contributed by atoms with Crippen LogP contribution in [0.3, 0.4) is 0 Å². The van der Waals surface area contributed by atoms with E-state index in [1.54, 1.807) is 6.92 Å². The normalized spacial score (nSPS) is 11.0. The number of Topliss-reactive ketones (excluding diaryl/α,β-unsaturated/α-hetero) is 1. The first-order chi connectivity index (χ1) is 7.01. The zero-order valence-electron chi connectivity index (χ0n) is 8.14. The number of rotatable bonds is 4. The number of carbonyl (C=O) groups is 2. The minimum absolute atomic E-state index is 0.00791. The van der Waals surface area contributed by atoms with Gasteiger partial charge in [0.15, 0.2) is 16.1 Å². The minimum Gasteiger partial charge on any atom is -0.294 e. The van der Waals surface area contributed by atoms with E-state index in [2.05, 4.69) is 0 Å². The lowest BCUT2D eigenvalue weighted by Gasteiger charge is -2.01. The van der Waals surface area contributed by atoms with E-state index in [0.29, 0.717) is 0 Å². The second-order valence-electron chi connectivity index (χ2n) is 2.91. The summed E-state index contributed by atoms with van der Waals surface area (Å²) in [6.45, 7) is 1.54. The molecule has 0 aromatic heterocycles. The van der Waals surface area contributed by atoms with Crippen LogP contribution < -0.4 is 0 Å². The molecule has 0 spiro atoms. The molecule has 0 aliphatic carbocycles. The van der Waals surface area contributed by atoms with Gasteiger partial charge >= 0.3 is 0 Å². The fourth-order valence-corrected chi connectivity index (χ4v) is 1.95. The highest BCUT2D eigenvalue weighted by atomic mass is 32.2. The van der Waals surface area contributed by atoms with E-state index in [-0.39, 0.29) is 22.5 Å². The molecule has 5 heteroatoms. The van der Waals surface area contributed by atoms with Crippen molar-refractivity contribution in [3.05, 3.63) is 29.8 Å². The first-order valence-electron chi connectivity index (χ1n) is 4.33. The van der Waals surface area contributed by atoms with Crippen LogP contribution in [0.25, 0.3) is 0 Å².